The first kappa shape index (κ1) is 14.1. The summed E-state index contributed by atoms with van der Waals surface area (Å²) < 4.78 is 12.0. The predicted molar refractivity (Wildman–Crippen MR) is 82.3 cm³/mol. The molecule has 0 spiro atoms. The van der Waals surface area contributed by atoms with Crippen molar-refractivity contribution in [3.8, 4) is 0 Å². The standard InChI is InChI=1S/C16H24N2O2S/c1-2-12(1)9-18-6-7-20-16-13(3-4-14(16)18)10-19-11-15-17-5-8-21-15/h5,8,12-14,16H,1-4,6-7,9-11H2/t13-,14+,16-/m0/s1. The molecule has 0 N–H and O–H groups in total. The molecule has 5 heteroatoms. The first-order chi connectivity index (χ1) is 10.4. The van der Waals surface area contributed by atoms with Crippen LogP contribution in [0, 0.1) is 11.8 Å². The SMILES string of the molecule is c1csc(COC[C@@H]2CC[C@@H]3[C@H]2OCCN3CC2CC2)n1. The van der Waals surface area contributed by atoms with E-state index in [1.807, 2.05) is 11.6 Å². The lowest BCUT2D eigenvalue weighted by Gasteiger charge is -2.39. The zero-order valence-electron chi connectivity index (χ0n) is 12.4. The maximum Gasteiger partial charge on any atom is 0.118 e. The van der Waals surface area contributed by atoms with Crippen molar-refractivity contribution in [2.75, 3.05) is 26.3 Å². The second-order valence-electron chi connectivity index (χ2n) is 6.62. The monoisotopic (exact) mass is 308 g/mol. The van der Waals surface area contributed by atoms with Crippen LogP contribution in [-0.4, -0.2) is 48.3 Å². The van der Waals surface area contributed by atoms with Crippen LogP contribution in [0.25, 0.3) is 0 Å². The Morgan fingerprint density at radius 1 is 1.33 bits per heavy atom. The fourth-order valence-electron chi connectivity index (χ4n) is 3.80. The lowest BCUT2D eigenvalue weighted by Crippen LogP contribution is -2.51. The molecule has 0 amide bonds. The highest BCUT2D eigenvalue weighted by Crippen LogP contribution is 2.38. The predicted octanol–water partition coefficient (Wildman–Crippen LogP) is 2.55. The van der Waals surface area contributed by atoms with E-state index in [1.54, 1.807) is 11.3 Å². The third-order valence-corrected chi connectivity index (χ3v) is 5.82. The van der Waals surface area contributed by atoms with E-state index < -0.39 is 0 Å². The smallest absolute Gasteiger partial charge is 0.118 e. The average Bonchev–Trinajstić information content (AvgIpc) is 3.01. The van der Waals surface area contributed by atoms with Crippen LogP contribution >= 0.6 is 11.3 Å². The number of morpholine rings is 1. The van der Waals surface area contributed by atoms with Crippen molar-refractivity contribution in [2.45, 2.75) is 44.4 Å². The van der Waals surface area contributed by atoms with E-state index in [0.717, 1.165) is 30.7 Å². The van der Waals surface area contributed by atoms with Crippen molar-refractivity contribution in [1.29, 1.82) is 0 Å². The summed E-state index contributed by atoms with van der Waals surface area (Å²) in [5, 5.41) is 3.08. The minimum absolute atomic E-state index is 0.397. The Labute approximate surface area is 130 Å². The molecule has 21 heavy (non-hydrogen) atoms. The van der Waals surface area contributed by atoms with E-state index in [-0.39, 0.29) is 0 Å². The topological polar surface area (TPSA) is 34.6 Å². The van der Waals surface area contributed by atoms with E-state index in [2.05, 4.69) is 9.88 Å². The van der Waals surface area contributed by atoms with Crippen molar-refractivity contribution in [2.24, 2.45) is 11.8 Å². The molecule has 116 valence electrons. The van der Waals surface area contributed by atoms with Crippen LogP contribution in [0.3, 0.4) is 0 Å². The second kappa shape index (κ2) is 6.32. The van der Waals surface area contributed by atoms with Gasteiger partial charge in [-0.3, -0.25) is 4.90 Å². The number of thiazole rings is 1. The van der Waals surface area contributed by atoms with Gasteiger partial charge in [0.15, 0.2) is 0 Å². The number of fused-ring (bicyclic) bond motifs is 1. The summed E-state index contributed by atoms with van der Waals surface area (Å²) in [6.45, 7) is 4.80. The molecule has 0 radical (unpaired) electrons. The van der Waals surface area contributed by atoms with E-state index in [0.29, 0.717) is 24.7 Å². The minimum Gasteiger partial charge on any atom is -0.375 e. The molecule has 3 aliphatic rings. The lowest BCUT2D eigenvalue weighted by molar-refractivity contribution is -0.0876. The molecule has 2 heterocycles. The number of hydrogen-bond donors (Lipinski definition) is 0. The van der Waals surface area contributed by atoms with E-state index in [1.165, 1.54) is 32.2 Å². The summed E-state index contributed by atoms with van der Waals surface area (Å²) in [5.74, 6) is 1.54. The minimum atomic E-state index is 0.397. The van der Waals surface area contributed by atoms with Crippen LogP contribution in [0.4, 0.5) is 0 Å². The molecule has 4 rings (SSSR count). The molecular formula is C16H24N2O2S. The first-order valence-corrected chi connectivity index (χ1v) is 9.10. The molecular weight excluding hydrogens is 284 g/mol. The van der Waals surface area contributed by atoms with Gasteiger partial charge in [0.2, 0.25) is 0 Å². The van der Waals surface area contributed by atoms with Crippen molar-refractivity contribution < 1.29 is 9.47 Å². The van der Waals surface area contributed by atoms with Crippen LogP contribution in [-0.2, 0) is 16.1 Å². The average molecular weight is 308 g/mol. The van der Waals surface area contributed by atoms with Gasteiger partial charge in [0.05, 0.1) is 25.9 Å². The van der Waals surface area contributed by atoms with E-state index in [4.69, 9.17) is 9.47 Å². The van der Waals surface area contributed by atoms with E-state index in [9.17, 15) is 0 Å². The fourth-order valence-corrected chi connectivity index (χ4v) is 4.35. The third-order valence-electron chi connectivity index (χ3n) is 5.07. The summed E-state index contributed by atoms with van der Waals surface area (Å²) in [6.07, 6.45) is 7.64. The molecule has 1 aliphatic heterocycles. The van der Waals surface area contributed by atoms with Crippen LogP contribution in [0.15, 0.2) is 11.6 Å². The highest BCUT2D eigenvalue weighted by Gasteiger charge is 2.43. The number of hydrogen-bond acceptors (Lipinski definition) is 5. The largest absolute Gasteiger partial charge is 0.375 e. The summed E-state index contributed by atoms with van der Waals surface area (Å²) in [6, 6.07) is 0.646. The molecule has 3 atom stereocenters. The van der Waals surface area contributed by atoms with Gasteiger partial charge in [-0.15, -0.1) is 11.3 Å². The zero-order valence-corrected chi connectivity index (χ0v) is 13.3. The Balaban J connectivity index is 1.28. The number of nitrogens with zero attached hydrogens (tertiary/aromatic N) is 2. The Hall–Kier alpha value is -0.490. The maximum atomic E-state index is 6.10. The normalized spacial score (nSPS) is 33.2. The van der Waals surface area contributed by atoms with Crippen LogP contribution in [0.2, 0.25) is 0 Å². The van der Waals surface area contributed by atoms with Crippen molar-refractivity contribution in [1.82, 2.24) is 9.88 Å². The van der Waals surface area contributed by atoms with Crippen molar-refractivity contribution in [3.63, 3.8) is 0 Å². The van der Waals surface area contributed by atoms with Crippen LogP contribution < -0.4 is 0 Å². The van der Waals surface area contributed by atoms with Gasteiger partial charge < -0.3 is 9.47 Å². The highest BCUT2D eigenvalue weighted by molar-refractivity contribution is 7.09. The first-order valence-electron chi connectivity index (χ1n) is 8.22. The Morgan fingerprint density at radius 2 is 2.29 bits per heavy atom. The molecule has 2 aliphatic carbocycles. The number of ether oxygens (including phenoxy) is 2. The second-order valence-corrected chi connectivity index (χ2v) is 7.60. The van der Waals surface area contributed by atoms with Gasteiger partial charge in [-0.1, -0.05) is 0 Å². The van der Waals surface area contributed by atoms with Gasteiger partial charge in [-0.25, -0.2) is 4.98 Å². The summed E-state index contributed by atoms with van der Waals surface area (Å²) >= 11 is 1.67. The van der Waals surface area contributed by atoms with Crippen LogP contribution in [0.5, 0.6) is 0 Å². The molecule has 0 bridgehead atoms. The molecule has 0 unspecified atom stereocenters. The number of aromatic nitrogens is 1. The van der Waals surface area contributed by atoms with Crippen molar-refractivity contribution in [3.05, 3.63) is 16.6 Å². The molecule has 1 aromatic heterocycles. The summed E-state index contributed by atoms with van der Waals surface area (Å²) in [5.41, 5.74) is 0. The third kappa shape index (κ3) is 3.31. The maximum absolute atomic E-state index is 6.10. The van der Waals surface area contributed by atoms with Crippen molar-refractivity contribution >= 4 is 11.3 Å². The van der Waals surface area contributed by atoms with Gasteiger partial charge in [-0.2, -0.15) is 0 Å². The van der Waals surface area contributed by atoms with Gasteiger partial charge in [-0.05, 0) is 31.6 Å². The quantitative estimate of drug-likeness (QED) is 0.809. The fraction of sp³-hybridized carbons (Fsp3) is 0.812. The van der Waals surface area contributed by atoms with E-state index >= 15 is 0 Å². The Bertz CT molecular complexity index is 449. The summed E-state index contributed by atoms with van der Waals surface area (Å²) in [7, 11) is 0. The lowest BCUT2D eigenvalue weighted by atomic mass is 10.0. The van der Waals surface area contributed by atoms with Gasteiger partial charge >= 0.3 is 0 Å². The number of rotatable bonds is 6. The van der Waals surface area contributed by atoms with Crippen LogP contribution in [0.1, 0.15) is 30.7 Å². The van der Waals surface area contributed by atoms with Gasteiger partial charge in [0.25, 0.3) is 0 Å². The highest BCUT2D eigenvalue weighted by atomic mass is 32.1. The van der Waals surface area contributed by atoms with Gasteiger partial charge in [0.1, 0.15) is 5.01 Å². The van der Waals surface area contributed by atoms with Gasteiger partial charge in [0, 0.05) is 36.6 Å². The Morgan fingerprint density at radius 3 is 3.10 bits per heavy atom. The Kier molecular flexibility index (Phi) is 4.25. The molecule has 1 aromatic rings. The summed E-state index contributed by atoms with van der Waals surface area (Å²) in [4.78, 5) is 6.97. The molecule has 0 aromatic carbocycles. The zero-order chi connectivity index (χ0) is 14.1. The molecule has 4 nitrogen and oxygen atoms in total. The molecule has 1 saturated heterocycles. The molecule has 2 saturated carbocycles. The molecule has 3 fully saturated rings.